The maximum absolute atomic E-state index is 14.0. The number of nitrogens with zero attached hydrogens (tertiary/aromatic N) is 2. The van der Waals surface area contributed by atoms with Crippen molar-refractivity contribution in [3.63, 3.8) is 0 Å². The Balaban J connectivity index is 2.10. The fourth-order valence-corrected chi connectivity index (χ4v) is 5.99. The third-order valence-electron chi connectivity index (χ3n) is 6.56. The van der Waals surface area contributed by atoms with Crippen LogP contribution in [0.25, 0.3) is 0 Å². The van der Waals surface area contributed by atoms with Crippen LogP contribution in [0.2, 0.25) is 5.02 Å². The standard InChI is InChI=1S/C30H33ClF3N3O4S/c1-3-5-18-35-29(39)27(4-2)36(20-22-12-8-6-9-13-22)28(38)21-37(42(40,41)24-14-10-7-11-15-24)23-16-17-26(31)25(19-23)30(32,33)34/h6-17,19,27H,3-5,18,20-21H2,1-2H3,(H,35,39). The van der Waals surface area contributed by atoms with Crippen molar-refractivity contribution in [3.05, 3.63) is 95.0 Å². The van der Waals surface area contributed by atoms with E-state index in [1.165, 1.54) is 29.2 Å². The van der Waals surface area contributed by atoms with Gasteiger partial charge < -0.3 is 10.2 Å². The maximum Gasteiger partial charge on any atom is 0.417 e. The first-order valence-electron chi connectivity index (χ1n) is 13.5. The highest BCUT2D eigenvalue weighted by molar-refractivity contribution is 7.92. The molecule has 12 heteroatoms. The second-order valence-corrected chi connectivity index (χ2v) is 11.8. The lowest BCUT2D eigenvalue weighted by molar-refractivity contribution is -0.140. The predicted molar refractivity (Wildman–Crippen MR) is 156 cm³/mol. The van der Waals surface area contributed by atoms with E-state index in [9.17, 15) is 31.2 Å². The summed E-state index contributed by atoms with van der Waals surface area (Å²) in [6.45, 7) is 3.22. The van der Waals surface area contributed by atoms with Crippen LogP contribution in [-0.4, -0.2) is 44.3 Å². The van der Waals surface area contributed by atoms with E-state index in [-0.39, 0.29) is 17.9 Å². The van der Waals surface area contributed by atoms with Gasteiger partial charge in [0.2, 0.25) is 11.8 Å². The molecule has 0 fully saturated rings. The number of halogens is 4. The Morgan fingerprint density at radius 3 is 2.14 bits per heavy atom. The van der Waals surface area contributed by atoms with Crippen LogP contribution >= 0.6 is 11.6 Å². The SMILES string of the molecule is CCCCNC(=O)C(CC)N(Cc1ccccc1)C(=O)CN(c1ccc(Cl)c(C(F)(F)F)c1)S(=O)(=O)c1ccccc1. The van der Waals surface area contributed by atoms with Gasteiger partial charge in [0.25, 0.3) is 10.0 Å². The lowest BCUT2D eigenvalue weighted by atomic mass is 10.1. The first kappa shape index (κ1) is 32.9. The van der Waals surface area contributed by atoms with Crippen molar-refractivity contribution in [1.82, 2.24) is 10.2 Å². The molecule has 3 aromatic rings. The molecular formula is C30H33ClF3N3O4S. The summed E-state index contributed by atoms with van der Waals surface area (Å²) in [5.41, 5.74) is -0.955. The Labute approximate surface area is 249 Å². The minimum Gasteiger partial charge on any atom is -0.354 e. The summed E-state index contributed by atoms with van der Waals surface area (Å²) in [7, 11) is -4.53. The molecule has 0 saturated heterocycles. The second kappa shape index (κ2) is 14.6. The van der Waals surface area contributed by atoms with E-state index in [1.807, 2.05) is 6.92 Å². The number of carbonyl (C=O) groups excluding carboxylic acids is 2. The van der Waals surface area contributed by atoms with Gasteiger partial charge in [-0.2, -0.15) is 13.2 Å². The number of benzene rings is 3. The number of carbonyl (C=O) groups is 2. The highest BCUT2D eigenvalue weighted by atomic mass is 35.5. The third-order valence-corrected chi connectivity index (χ3v) is 8.68. The topological polar surface area (TPSA) is 86.8 Å². The quantitative estimate of drug-likeness (QED) is 0.227. The molecule has 0 heterocycles. The summed E-state index contributed by atoms with van der Waals surface area (Å²) >= 11 is 5.80. The van der Waals surface area contributed by atoms with Gasteiger partial charge in [-0.1, -0.05) is 80.4 Å². The fourth-order valence-electron chi connectivity index (χ4n) is 4.34. The second-order valence-electron chi connectivity index (χ2n) is 9.56. The van der Waals surface area contributed by atoms with E-state index in [0.29, 0.717) is 22.5 Å². The molecule has 1 N–H and O–H groups in total. The van der Waals surface area contributed by atoms with Gasteiger partial charge in [0.05, 0.1) is 21.2 Å². The lowest BCUT2D eigenvalue weighted by Crippen LogP contribution is -2.52. The lowest BCUT2D eigenvalue weighted by Gasteiger charge is -2.33. The molecule has 3 aromatic carbocycles. The van der Waals surface area contributed by atoms with Gasteiger partial charge in [-0.05, 0) is 48.7 Å². The fraction of sp³-hybridized carbons (Fsp3) is 0.333. The molecule has 0 aliphatic rings. The zero-order valence-corrected chi connectivity index (χ0v) is 24.8. The molecule has 0 aliphatic heterocycles. The molecule has 3 rings (SSSR count). The van der Waals surface area contributed by atoms with Gasteiger partial charge in [-0.15, -0.1) is 0 Å². The summed E-state index contributed by atoms with van der Waals surface area (Å²) in [5.74, 6) is -1.17. The van der Waals surface area contributed by atoms with Crippen molar-refractivity contribution in [2.45, 2.75) is 56.8 Å². The molecule has 42 heavy (non-hydrogen) atoms. The number of anilines is 1. The number of rotatable bonds is 13. The van der Waals surface area contributed by atoms with Gasteiger partial charge in [-0.25, -0.2) is 8.42 Å². The molecule has 0 saturated carbocycles. The molecule has 0 spiro atoms. The van der Waals surface area contributed by atoms with Gasteiger partial charge in [-0.3, -0.25) is 13.9 Å². The van der Waals surface area contributed by atoms with Crippen LogP contribution in [0.4, 0.5) is 18.9 Å². The number of hydrogen-bond acceptors (Lipinski definition) is 4. The number of hydrogen-bond donors (Lipinski definition) is 1. The normalized spacial score (nSPS) is 12.4. The van der Waals surface area contributed by atoms with Crippen molar-refractivity contribution in [2.24, 2.45) is 0 Å². The molecule has 226 valence electrons. The summed E-state index contributed by atoms with van der Waals surface area (Å²) in [6, 6.07) is 17.6. The monoisotopic (exact) mass is 623 g/mol. The average Bonchev–Trinajstić information content (AvgIpc) is 2.96. The van der Waals surface area contributed by atoms with Crippen LogP contribution in [0.3, 0.4) is 0 Å². The van der Waals surface area contributed by atoms with E-state index < -0.39 is 56.9 Å². The van der Waals surface area contributed by atoms with Crippen LogP contribution in [0.5, 0.6) is 0 Å². The number of nitrogens with one attached hydrogen (secondary N) is 1. The van der Waals surface area contributed by atoms with E-state index >= 15 is 0 Å². The smallest absolute Gasteiger partial charge is 0.354 e. The van der Waals surface area contributed by atoms with Gasteiger partial charge >= 0.3 is 6.18 Å². The van der Waals surface area contributed by atoms with Crippen molar-refractivity contribution in [3.8, 4) is 0 Å². The van der Waals surface area contributed by atoms with Crippen LogP contribution in [0.15, 0.2) is 83.8 Å². The summed E-state index contributed by atoms with van der Waals surface area (Å²) in [5, 5.41) is 2.21. The highest BCUT2D eigenvalue weighted by Crippen LogP contribution is 2.38. The summed E-state index contributed by atoms with van der Waals surface area (Å²) in [6.07, 6.45) is -3.07. The predicted octanol–water partition coefficient (Wildman–Crippen LogP) is 6.28. The largest absolute Gasteiger partial charge is 0.417 e. The van der Waals surface area contributed by atoms with Crippen LogP contribution in [-0.2, 0) is 32.3 Å². The molecule has 1 unspecified atom stereocenters. The van der Waals surface area contributed by atoms with Gasteiger partial charge in [0.15, 0.2) is 0 Å². The summed E-state index contributed by atoms with van der Waals surface area (Å²) < 4.78 is 69.5. The van der Waals surface area contributed by atoms with Crippen molar-refractivity contribution >= 4 is 39.1 Å². The minimum absolute atomic E-state index is 0.0208. The van der Waals surface area contributed by atoms with Gasteiger partial charge in [0.1, 0.15) is 12.6 Å². The molecule has 1 atom stereocenters. The number of sulfonamides is 1. The molecule has 0 aromatic heterocycles. The number of unbranched alkanes of at least 4 members (excludes halogenated alkanes) is 1. The zero-order chi connectivity index (χ0) is 30.9. The van der Waals surface area contributed by atoms with Crippen LogP contribution in [0, 0.1) is 0 Å². The highest BCUT2D eigenvalue weighted by Gasteiger charge is 2.37. The van der Waals surface area contributed by atoms with E-state index in [4.69, 9.17) is 11.6 Å². The van der Waals surface area contributed by atoms with Crippen LogP contribution < -0.4 is 9.62 Å². The Bertz CT molecular complexity index is 1460. The molecular weight excluding hydrogens is 591 g/mol. The first-order valence-corrected chi connectivity index (χ1v) is 15.3. The minimum atomic E-state index is -4.87. The number of amides is 2. The molecule has 0 bridgehead atoms. The Morgan fingerprint density at radius 1 is 0.952 bits per heavy atom. The first-order chi connectivity index (χ1) is 19.9. The Morgan fingerprint density at radius 2 is 1.57 bits per heavy atom. The van der Waals surface area contributed by atoms with Crippen molar-refractivity contribution in [2.75, 3.05) is 17.4 Å². The van der Waals surface area contributed by atoms with E-state index in [1.54, 1.807) is 43.3 Å². The Hall–Kier alpha value is -3.57. The number of alkyl halides is 3. The summed E-state index contributed by atoms with van der Waals surface area (Å²) in [4.78, 5) is 28.2. The van der Waals surface area contributed by atoms with E-state index in [0.717, 1.165) is 25.0 Å². The van der Waals surface area contributed by atoms with Crippen LogP contribution in [0.1, 0.15) is 44.2 Å². The zero-order valence-electron chi connectivity index (χ0n) is 23.3. The molecule has 0 radical (unpaired) electrons. The molecule has 7 nitrogen and oxygen atoms in total. The molecule has 0 aliphatic carbocycles. The van der Waals surface area contributed by atoms with E-state index in [2.05, 4.69) is 5.32 Å². The molecule has 2 amide bonds. The van der Waals surface area contributed by atoms with Crippen molar-refractivity contribution in [1.29, 1.82) is 0 Å². The maximum atomic E-state index is 14.0. The third kappa shape index (κ3) is 8.25. The van der Waals surface area contributed by atoms with Crippen molar-refractivity contribution < 1.29 is 31.2 Å². The Kier molecular flexibility index (Phi) is 11.4. The average molecular weight is 624 g/mol. The van der Waals surface area contributed by atoms with Gasteiger partial charge in [0, 0.05) is 13.1 Å².